The van der Waals surface area contributed by atoms with Crippen LogP contribution in [0.1, 0.15) is 11.4 Å². The van der Waals surface area contributed by atoms with Crippen molar-refractivity contribution in [1.29, 1.82) is 0 Å². The predicted molar refractivity (Wildman–Crippen MR) is 70.9 cm³/mol. The molecule has 1 aliphatic heterocycles. The molecule has 2 heterocycles. The van der Waals surface area contributed by atoms with Crippen molar-refractivity contribution in [2.24, 2.45) is 0 Å². The molecule has 0 saturated heterocycles. The van der Waals surface area contributed by atoms with Gasteiger partial charge in [-0.2, -0.15) is 0 Å². The summed E-state index contributed by atoms with van der Waals surface area (Å²) in [4.78, 5) is 0. The molecule has 0 aliphatic carbocycles. The number of nitrogens with one attached hydrogen (secondary N) is 1. The Labute approximate surface area is 109 Å². The van der Waals surface area contributed by atoms with Gasteiger partial charge in [-0.15, -0.1) is 10.2 Å². The summed E-state index contributed by atoms with van der Waals surface area (Å²) in [7, 11) is 1.66. The summed E-state index contributed by atoms with van der Waals surface area (Å²) in [5, 5.41) is 11.0. The Hall–Kier alpha value is -1.95. The maximum Gasteiger partial charge on any atom is 0.214 e. The van der Waals surface area contributed by atoms with Crippen molar-refractivity contribution >= 4 is 17.5 Å². The third-order valence-corrected chi connectivity index (χ3v) is 3.54. The zero-order valence-electron chi connectivity index (χ0n) is 10.0. The second-order valence-electron chi connectivity index (χ2n) is 3.85. The third-order valence-electron chi connectivity index (χ3n) is 2.71. The van der Waals surface area contributed by atoms with Gasteiger partial charge in [-0.1, -0.05) is 11.8 Å². The van der Waals surface area contributed by atoms with E-state index < -0.39 is 0 Å². The zero-order chi connectivity index (χ0) is 12.5. The fourth-order valence-electron chi connectivity index (χ4n) is 1.71. The van der Waals surface area contributed by atoms with Gasteiger partial charge in [0.05, 0.1) is 12.8 Å². The number of aromatic nitrogens is 3. The van der Waals surface area contributed by atoms with Crippen molar-refractivity contribution in [3.05, 3.63) is 41.1 Å². The Morgan fingerprint density at radius 3 is 2.72 bits per heavy atom. The molecule has 92 valence electrons. The molecule has 1 aliphatic rings. The average molecular weight is 260 g/mol. The average Bonchev–Trinajstić information content (AvgIpc) is 2.80. The molecule has 0 radical (unpaired) electrons. The van der Waals surface area contributed by atoms with E-state index in [-0.39, 0.29) is 0 Å². The molecular weight excluding hydrogens is 248 g/mol. The summed E-state index contributed by atoms with van der Waals surface area (Å²) in [6.07, 6.45) is 0. The Balaban J connectivity index is 1.89. The topological polar surface area (TPSA) is 52.0 Å². The standard InChI is InChI=1S/C12H12N4OS/c1-8-13-14-12-16(8)15-11(7-18-12)9-3-5-10(17-2)6-4-9/h3-7,15H,1-2H3. The number of ether oxygens (including phenoxy) is 1. The normalized spacial score (nSPS) is 13.6. The van der Waals surface area contributed by atoms with Gasteiger partial charge in [0.15, 0.2) is 0 Å². The number of thioether (sulfide) groups is 1. The van der Waals surface area contributed by atoms with E-state index in [9.17, 15) is 0 Å². The first-order valence-electron chi connectivity index (χ1n) is 5.48. The molecule has 5 nitrogen and oxygen atoms in total. The predicted octanol–water partition coefficient (Wildman–Crippen LogP) is 2.24. The van der Waals surface area contributed by atoms with Crippen LogP contribution >= 0.6 is 11.8 Å². The molecule has 0 fully saturated rings. The van der Waals surface area contributed by atoms with E-state index >= 15 is 0 Å². The number of aryl methyl sites for hydroxylation is 1. The van der Waals surface area contributed by atoms with Crippen LogP contribution in [0.25, 0.3) is 5.70 Å². The SMILES string of the molecule is COc1ccc(C2=CSc3nnc(C)n3N2)cc1. The highest BCUT2D eigenvalue weighted by Crippen LogP contribution is 2.28. The van der Waals surface area contributed by atoms with Crippen LogP contribution in [0.3, 0.4) is 0 Å². The van der Waals surface area contributed by atoms with E-state index in [1.165, 1.54) is 0 Å². The van der Waals surface area contributed by atoms with Gasteiger partial charge in [-0.25, -0.2) is 4.68 Å². The quantitative estimate of drug-likeness (QED) is 0.897. The highest BCUT2D eigenvalue weighted by molar-refractivity contribution is 8.02. The second kappa shape index (κ2) is 4.38. The van der Waals surface area contributed by atoms with Crippen LogP contribution in [-0.2, 0) is 0 Å². The van der Waals surface area contributed by atoms with Gasteiger partial charge in [-0.3, -0.25) is 5.43 Å². The smallest absolute Gasteiger partial charge is 0.214 e. The van der Waals surface area contributed by atoms with E-state index in [0.717, 1.165) is 28.0 Å². The first-order valence-corrected chi connectivity index (χ1v) is 6.36. The number of nitrogens with zero attached hydrogens (tertiary/aromatic N) is 3. The summed E-state index contributed by atoms with van der Waals surface area (Å²) >= 11 is 1.56. The van der Waals surface area contributed by atoms with Gasteiger partial charge >= 0.3 is 0 Å². The number of rotatable bonds is 2. The molecule has 0 atom stereocenters. The maximum atomic E-state index is 5.15. The first kappa shape index (κ1) is 11.2. The number of benzene rings is 1. The lowest BCUT2D eigenvalue weighted by molar-refractivity contribution is 0.415. The van der Waals surface area contributed by atoms with Crippen molar-refractivity contribution in [3.8, 4) is 5.75 Å². The van der Waals surface area contributed by atoms with E-state index in [0.29, 0.717) is 0 Å². The number of hydrogen-bond acceptors (Lipinski definition) is 5. The zero-order valence-corrected chi connectivity index (χ0v) is 10.9. The van der Waals surface area contributed by atoms with E-state index in [1.807, 2.05) is 41.3 Å². The largest absolute Gasteiger partial charge is 0.497 e. The first-order chi connectivity index (χ1) is 8.78. The van der Waals surface area contributed by atoms with Crippen LogP contribution in [0.5, 0.6) is 5.75 Å². The minimum absolute atomic E-state index is 0.844. The molecule has 1 aromatic carbocycles. The maximum absolute atomic E-state index is 5.15. The molecule has 6 heteroatoms. The molecule has 0 spiro atoms. The summed E-state index contributed by atoms with van der Waals surface area (Å²) in [6, 6.07) is 7.92. The third kappa shape index (κ3) is 1.84. The van der Waals surface area contributed by atoms with Crippen molar-refractivity contribution in [1.82, 2.24) is 14.9 Å². The van der Waals surface area contributed by atoms with E-state index in [1.54, 1.807) is 18.9 Å². The van der Waals surface area contributed by atoms with Gasteiger partial charge in [0, 0.05) is 11.0 Å². The van der Waals surface area contributed by atoms with Crippen molar-refractivity contribution < 1.29 is 4.74 Å². The lowest BCUT2D eigenvalue weighted by atomic mass is 10.2. The van der Waals surface area contributed by atoms with E-state index in [2.05, 4.69) is 15.6 Å². The minimum atomic E-state index is 0.844. The van der Waals surface area contributed by atoms with Crippen LogP contribution in [0, 0.1) is 6.92 Å². The summed E-state index contributed by atoms with van der Waals surface area (Å²) in [6.45, 7) is 1.92. The Kier molecular flexibility index (Phi) is 2.71. The van der Waals surface area contributed by atoms with Crippen molar-refractivity contribution in [2.45, 2.75) is 12.1 Å². The molecule has 0 saturated carbocycles. The van der Waals surface area contributed by atoms with Gasteiger partial charge in [0.2, 0.25) is 5.16 Å². The Bertz CT molecular complexity index is 603. The fourth-order valence-corrected chi connectivity index (χ4v) is 2.49. The van der Waals surface area contributed by atoms with Crippen molar-refractivity contribution in [2.75, 3.05) is 12.5 Å². The van der Waals surface area contributed by atoms with Crippen LogP contribution in [0.15, 0.2) is 34.8 Å². The van der Waals surface area contributed by atoms with E-state index in [4.69, 9.17) is 4.74 Å². The Morgan fingerprint density at radius 2 is 2.00 bits per heavy atom. The molecular formula is C12H12N4OS. The fraction of sp³-hybridized carbons (Fsp3) is 0.167. The molecule has 1 N–H and O–H groups in total. The minimum Gasteiger partial charge on any atom is -0.497 e. The summed E-state index contributed by atoms with van der Waals surface area (Å²) < 4.78 is 7.03. The summed E-state index contributed by atoms with van der Waals surface area (Å²) in [5.41, 5.74) is 5.42. The highest BCUT2D eigenvalue weighted by atomic mass is 32.2. The molecule has 3 rings (SSSR count). The monoisotopic (exact) mass is 260 g/mol. The van der Waals surface area contributed by atoms with Gasteiger partial charge in [0.25, 0.3) is 0 Å². The number of hydrogen-bond donors (Lipinski definition) is 1. The number of methoxy groups -OCH3 is 1. The molecule has 0 unspecified atom stereocenters. The van der Waals surface area contributed by atoms with Gasteiger partial charge < -0.3 is 4.74 Å². The molecule has 0 bridgehead atoms. The lowest BCUT2D eigenvalue weighted by Gasteiger charge is -2.18. The molecule has 0 amide bonds. The Morgan fingerprint density at radius 1 is 1.22 bits per heavy atom. The molecule has 2 aromatic rings. The lowest BCUT2D eigenvalue weighted by Crippen LogP contribution is -2.18. The molecule has 1 aromatic heterocycles. The van der Waals surface area contributed by atoms with Crippen molar-refractivity contribution in [3.63, 3.8) is 0 Å². The van der Waals surface area contributed by atoms with Crippen LogP contribution in [0.2, 0.25) is 0 Å². The van der Waals surface area contributed by atoms with Crippen LogP contribution < -0.4 is 10.2 Å². The van der Waals surface area contributed by atoms with Crippen LogP contribution in [0.4, 0.5) is 0 Å². The molecule has 18 heavy (non-hydrogen) atoms. The highest BCUT2D eigenvalue weighted by Gasteiger charge is 2.15. The number of fused-ring (bicyclic) bond motifs is 1. The van der Waals surface area contributed by atoms with Gasteiger partial charge in [-0.05, 0) is 31.2 Å². The van der Waals surface area contributed by atoms with Gasteiger partial charge in [0.1, 0.15) is 11.6 Å². The van der Waals surface area contributed by atoms with Crippen LogP contribution in [-0.4, -0.2) is 22.0 Å². The second-order valence-corrected chi connectivity index (χ2v) is 4.69. The summed E-state index contributed by atoms with van der Waals surface area (Å²) in [5.74, 6) is 1.69.